The Labute approximate surface area is 221 Å². The first-order valence-corrected chi connectivity index (χ1v) is 12.7. The lowest BCUT2D eigenvalue weighted by atomic mass is 10.1. The number of rotatable bonds is 10. The first-order valence-electron chi connectivity index (χ1n) is 12.7. The van der Waals surface area contributed by atoms with Gasteiger partial charge in [0.15, 0.2) is 5.82 Å². The minimum atomic E-state index is -0.641. The summed E-state index contributed by atoms with van der Waals surface area (Å²) in [7, 11) is 0. The molecule has 3 N–H and O–H groups in total. The highest BCUT2D eigenvalue weighted by Crippen LogP contribution is 2.26. The minimum absolute atomic E-state index is 0.0273. The zero-order valence-corrected chi connectivity index (χ0v) is 21.9. The van der Waals surface area contributed by atoms with Gasteiger partial charge in [-0.15, -0.1) is 0 Å². The SMILES string of the molecule is CC[N+](CC)(CC)Cc1ccn2ncnc(Nc3ccc(NC(=O)NC(=O)Cc4ccc(F)cc4)cc3)c12. The molecule has 0 saturated carbocycles. The van der Waals surface area contributed by atoms with Gasteiger partial charge in [-0.1, -0.05) is 12.1 Å². The fourth-order valence-electron chi connectivity index (χ4n) is 4.50. The molecule has 0 aliphatic rings. The fourth-order valence-corrected chi connectivity index (χ4v) is 4.50. The number of carbonyl (C=O) groups is 2. The van der Waals surface area contributed by atoms with Crippen LogP contribution >= 0.6 is 0 Å². The number of nitrogens with zero attached hydrogens (tertiary/aromatic N) is 4. The summed E-state index contributed by atoms with van der Waals surface area (Å²) in [6, 6.07) is 14.1. The smallest absolute Gasteiger partial charge is 0.325 e. The van der Waals surface area contributed by atoms with Crippen molar-refractivity contribution in [2.75, 3.05) is 30.3 Å². The van der Waals surface area contributed by atoms with E-state index in [1.807, 2.05) is 22.8 Å². The Hall–Kier alpha value is -4.31. The zero-order valence-electron chi connectivity index (χ0n) is 21.9. The summed E-state index contributed by atoms with van der Waals surface area (Å²) in [4.78, 5) is 28.9. The number of aromatic nitrogens is 3. The second-order valence-electron chi connectivity index (χ2n) is 9.20. The Morgan fingerprint density at radius 2 is 1.58 bits per heavy atom. The maximum Gasteiger partial charge on any atom is 0.325 e. The summed E-state index contributed by atoms with van der Waals surface area (Å²) in [5.74, 6) is -0.167. The van der Waals surface area contributed by atoms with Crippen LogP contribution in [0.2, 0.25) is 0 Å². The predicted octanol–water partition coefficient (Wildman–Crippen LogP) is 4.88. The Kier molecular flexibility index (Phi) is 8.32. The average Bonchev–Trinajstić information content (AvgIpc) is 3.33. The van der Waals surface area contributed by atoms with E-state index in [9.17, 15) is 14.0 Å². The van der Waals surface area contributed by atoms with Gasteiger partial charge in [0.1, 0.15) is 24.2 Å². The summed E-state index contributed by atoms with van der Waals surface area (Å²) < 4.78 is 15.8. The molecule has 0 bridgehead atoms. The van der Waals surface area contributed by atoms with Crippen LogP contribution in [-0.4, -0.2) is 50.7 Å². The minimum Gasteiger partial charge on any atom is -0.338 e. The number of imide groups is 1. The number of benzene rings is 2. The second kappa shape index (κ2) is 11.8. The molecule has 0 atom stereocenters. The number of fused-ring (bicyclic) bond motifs is 1. The molecule has 3 amide bonds. The molecular weight excluding hydrogens is 485 g/mol. The Morgan fingerprint density at radius 3 is 2.24 bits per heavy atom. The molecule has 0 radical (unpaired) electrons. The van der Waals surface area contributed by atoms with E-state index in [1.165, 1.54) is 36.2 Å². The molecular formula is C28H33FN7O2+. The normalized spacial score (nSPS) is 11.4. The molecule has 4 rings (SSSR count). The van der Waals surface area contributed by atoms with Crippen LogP contribution in [0, 0.1) is 5.82 Å². The molecule has 0 spiro atoms. The van der Waals surface area contributed by atoms with Crippen molar-refractivity contribution in [2.24, 2.45) is 0 Å². The van der Waals surface area contributed by atoms with Crippen molar-refractivity contribution in [3.05, 3.63) is 84.1 Å². The van der Waals surface area contributed by atoms with Gasteiger partial charge in [0.05, 0.1) is 26.1 Å². The maximum absolute atomic E-state index is 13.0. The molecule has 0 unspecified atom stereocenters. The first-order chi connectivity index (χ1) is 18.3. The van der Waals surface area contributed by atoms with Gasteiger partial charge in [-0.25, -0.2) is 18.7 Å². The van der Waals surface area contributed by atoms with Crippen LogP contribution in [0.1, 0.15) is 31.9 Å². The molecule has 10 heteroatoms. The molecule has 0 aliphatic heterocycles. The molecule has 9 nitrogen and oxygen atoms in total. The third kappa shape index (κ3) is 6.33. The summed E-state index contributed by atoms with van der Waals surface area (Å²) in [6.07, 6.45) is 3.44. The van der Waals surface area contributed by atoms with Crippen molar-refractivity contribution in [2.45, 2.75) is 33.7 Å². The monoisotopic (exact) mass is 518 g/mol. The molecule has 38 heavy (non-hydrogen) atoms. The van der Waals surface area contributed by atoms with Crippen LogP contribution in [-0.2, 0) is 17.8 Å². The quantitative estimate of drug-likeness (QED) is 0.260. The van der Waals surface area contributed by atoms with Gasteiger partial charge in [-0.05, 0) is 68.8 Å². The number of hydrogen-bond donors (Lipinski definition) is 3. The van der Waals surface area contributed by atoms with Crippen LogP contribution in [0.5, 0.6) is 0 Å². The van der Waals surface area contributed by atoms with Crippen molar-refractivity contribution in [3.8, 4) is 0 Å². The van der Waals surface area contributed by atoms with Gasteiger partial charge >= 0.3 is 6.03 Å². The largest absolute Gasteiger partial charge is 0.338 e. The first kappa shape index (κ1) is 26.7. The van der Waals surface area contributed by atoms with Gasteiger partial charge in [0, 0.05) is 23.1 Å². The zero-order chi connectivity index (χ0) is 27.1. The molecule has 0 fully saturated rings. The van der Waals surface area contributed by atoms with Gasteiger partial charge in [-0.3, -0.25) is 10.1 Å². The van der Waals surface area contributed by atoms with Crippen LogP contribution in [0.25, 0.3) is 5.52 Å². The van der Waals surface area contributed by atoms with Crippen molar-refractivity contribution >= 4 is 34.6 Å². The molecule has 2 heterocycles. The maximum atomic E-state index is 13.0. The van der Waals surface area contributed by atoms with E-state index in [0.29, 0.717) is 17.1 Å². The van der Waals surface area contributed by atoms with Crippen molar-refractivity contribution in [1.82, 2.24) is 19.9 Å². The third-order valence-electron chi connectivity index (χ3n) is 6.99. The number of carbonyl (C=O) groups excluding carboxylic acids is 2. The highest BCUT2D eigenvalue weighted by Gasteiger charge is 2.24. The van der Waals surface area contributed by atoms with E-state index in [4.69, 9.17) is 0 Å². The number of halogens is 1. The molecule has 198 valence electrons. The van der Waals surface area contributed by atoms with Gasteiger partial charge in [0.25, 0.3) is 0 Å². The van der Waals surface area contributed by atoms with Gasteiger partial charge < -0.3 is 15.1 Å². The average molecular weight is 519 g/mol. The number of nitrogens with one attached hydrogen (secondary N) is 3. The Balaban J connectivity index is 1.41. The van der Waals surface area contributed by atoms with E-state index in [2.05, 4.69) is 52.9 Å². The lowest BCUT2D eigenvalue weighted by Crippen LogP contribution is -2.46. The lowest BCUT2D eigenvalue weighted by molar-refractivity contribution is -0.936. The molecule has 4 aromatic rings. The van der Waals surface area contributed by atoms with Crippen LogP contribution in [0.3, 0.4) is 0 Å². The topological polar surface area (TPSA) is 100 Å². The fraction of sp³-hybridized carbons (Fsp3) is 0.286. The van der Waals surface area contributed by atoms with Crippen LogP contribution in [0.15, 0.2) is 67.1 Å². The van der Waals surface area contributed by atoms with E-state index < -0.39 is 11.9 Å². The van der Waals surface area contributed by atoms with Crippen molar-refractivity contribution < 1.29 is 18.5 Å². The van der Waals surface area contributed by atoms with Crippen molar-refractivity contribution in [3.63, 3.8) is 0 Å². The van der Waals surface area contributed by atoms with E-state index in [-0.39, 0.29) is 12.2 Å². The van der Waals surface area contributed by atoms with E-state index in [1.54, 1.807) is 12.1 Å². The second-order valence-corrected chi connectivity index (χ2v) is 9.20. The summed E-state index contributed by atoms with van der Waals surface area (Å²) >= 11 is 0. The third-order valence-corrected chi connectivity index (χ3v) is 6.99. The van der Waals surface area contributed by atoms with Crippen LogP contribution < -0.4 is 16.0 Å². The van der Waals surface area contributed by atoms with E-state index >= 15 is 0 Å². The van der Waals surface area contributed by atoms with Crippen molar-refractivity contribution in [1.29, 1.82) is 0 Å². The standard InChI is InChI=1S/C28H32FN7O2/c1-4-36(5-2,6-3)18-21-15-16-35-26(21)27(30-19-31-35)32-23-11-13-24(14-12-23)33-28(38)34-25(37)17-20-7-9-22(29)10-8-20/h7-16,19H,4-6,17-18H2,1-3H3,(H2-,30,31,32,33,34,37,38)/p+1. The molecule has 2 aromatic heterocycles. The number of hydrogen-bond acceptors (Lipinski definition) is 5. The summed E-state index contributed by atoms with van der Waals surface area (Å²) in [5, 5.41) is 12.7. The number of anilines is 3. The predicted molar refractivity (Wildman–Crippen MR) is 146 cm³/mol. The van der Waals surface area contributed by atoms with E-state index in [0.717, 1.165) is 41.9 Å². The molecule has 2 aromatic carbocycles. The van der Waals surface area contributed by atoms with Gasteiger partial charge in [-0.2, -0.15) is 5.10 Å². The number of amides is 3. The highest BCUT2D eigenvalue weighted by atomic mass is 19.1. The number of quaternary nitrogens is 1. The molecule has 0 saturated heterocycles. The molecule has 0 aliphatic carbocycles. The Morgan fingerprint density at radius 1 is 0.921 bits per heavy atom. The Bertz CT molecular complexity index is 1390. The van der Waals surface area contributed by atoms with Gasteiger partial charge in [0.2, 0.25) is 5.91 Å². The number of urea groups is 1. The summed E-state index contributed by atoms with van der Waals surface area (Å²) in [6.45, 7) is 10.7. The van der Waals surface area contributed by atoms with Crippen LogP contribution in [0.4, 0.5) is 26.4 Å². The highest BCUT2D eigenvalue weighted by molar-refractivity contribution is 6.01. The summed E-state index contributed by atoms with van der Waals surface area (Å²) in [5.41, 5.74) is 4.04. The lowest BCUT2D eigenvalue weighted by Gasteiger charge is -2.35.